The molecule has 0 saturated heterocycles. The Balaban J connectivity index is 1.75. The summed E-state index contributed by atoms with van der Waals surface area (Å²) in [7, 11) is 0. The van der Waals surface area contributed by atoms with E-state index in [0.717, 1.165) is 57.8 Å². The molecule has 0 aliphatic heterocycles. The molecule has 0 saturated carbocycles. The Morgan fingerprint density at radius 3 is 2.58 bits per heavy atom. The minimum Gasteiger partial charge on any atom is -0.361 e. The van der Waals surface area contributed by atoms with Crippen LogP contribution in [-0.4, -0.2) is 14.7 Å². The Bertz CT molecular complexity index is 1390. The van der Waals surface area contributed by atoms with Crippen molar-refractivity contribution in [3.05, 3.63) is 67.2 Å². The van der Waals surface area contributed by atoms with Crippen LogP contribution in [0.1, 0.15) is 54.7 Å². The van der Waals surface area contributed by atoms with Crippen molar-refractivity contribution in [2.45, 2.75) is 60.4 Å². The van der Waals surface area contributed by atoms with E-state index >= 15 is 0 Å². The lowest BCUT2D eigenvalue weighted by Crippen LogP contribution is -2.26. The number of fused-ring (bicyclic) bond motifs is 3. The van der Waals surface area contributed by atoms with Gasteiger partial charge in [-0.2, -0.15) is 4.98 Å². The molecule has 5 rings (SSSR count). The van der Waals surface area contributed by atoms with E-state index in [2.05, 4.69) is 30.9 Å². The molecule has 0 bridgehead atoms. The highest BCUT2D eigenvalue weighted by molar-refractivity contribution is 7.19. The summed E-state index contributed by atoms with van der Waals surface area (Å²) < 4.78 is 7.16. The molecule has 172 valence electrons. The molecule has 5 nitrogen and oxygen atoms in total. The zero-order valence-electron chi connectivity index (χ0n) is 19.7. The number of halogens is 1. The van der Waals surface area contributed by atoms with E-state index in [1.165, 1.54) is 10.4 Å². The van der Waals surface area contributed by atoms with Crippen molar-refractivity contribution < 1.29 is 4.52 Å². The molecule has 33 heavy (non-hydrogen) atoms. The van der Waals surface area contributed by atoms with E-state index in [1.54, 1.807) is 15.9 Å². The van der Waals surface area contributed by atoms with E-state index in [9.17, 15) is 4.79 Å². The molecular weight excluding hydrogens is 454 g/mol. The third-order valence-electron chi connectivity index (χ3n) is 7.01. The van der Waals surface area contributed by atoms with Crippen LogP contribution in [0.5, 0.6) is 0 Å². The normalized spacial score (nSPS) is 16.4. The van der Waals surface area contributed by atoms with Gasteiger partial charge in [-0.1, -0.05) is 49.7 Å². The first-order valence-corrected chi connectivity index (χ1v) is 12.6. The molecular formula is C26H28ClN3O2S. The van der Waals surface area contributed by atoms with Crippen LogP contribution in [-0.2, 0) is 19.4 Å². The average molecular weight is 482 g/mol. The third-order valence-corrected chi connectivity index (χ3v) is 8.54. The largest absolute Gasteiger partial charge is 0.361 e. The van der Waals surface area contributed by atoms with Gasteiger partial charge in [0, 0.05) is 26.4 Å². The lowest BCUT2D eigenvalue weighted by molar-refractivity contribution is 0.218. The number of hydrogen-bond donors (Lipinski definition) is 0. The molecule has 3 aromatic heterocycles. The van der Waals surface area contributed by atoms with Crippen LogP contribution in [0, 0.1) is 25.2 Å². The lowest BCUT2D eigenvalue weighted by atomic mass is 9.72. The Labute approximate surface area is 202 Å². The number of aryl methyl sites for hydroxylation is 3. The molecule has 0 N–H and O–H groups in total. The van der Waals surface area contributed by atoms with Crippen LogP contribution < -0.4 is 5.69 Å². The van der Waals surface area contributed by atoms with Gasteiger partial charge in [0.15, 0.2) is 0 Å². The summed E-state index contributed by atoms with van der Waals surface area (Å²) in [6, 6.07) is 7.61. The van der Waals surface area contributed by atoms with Crippen molar-refractivity contribution in [1.29, 1.82) is 0 Å². The van der Waals surface area contributed by atoms with Crippen LogP contribution >= 0.6 is 22.9 Å². The molecule has 1 aromatic carbocycles. The van der Waals surface area contributed by atoms with Crippen molar-refractivity contribution in [2.24, 2.45) is 11.3 Å². The van der Waals surface area contributed by atoms with Crippen molar-refractivity contribution >= 4 is 33.2 Å². The van der Waals surface area contributed by atoms with Gasteiger partial charge in [-0.3, -0.25) is 4.57 Å². The quantitative estimate of drug-likeness (QED) is 0.331. The zero-order valence-corrected chi connectivity index (χ0v) is 21.2. The first-order chi connectivity index (χ1) is 15.6. The standard InChI is InChI=1S/C26H28ClN3O2S/c1-14-20(15(2)32-29-14)13-30-24-22(19-11-8-17(26(3,4)5)12-21(19)33-24)23(28-25(30)31)16-6-9-18(27)10-7-16/h6-7,9-10,17H,8,11-13H2,1-5H3. The summed E-state index contributed by atoms with van der Waals surface area (Å²) >= 11 is 7.89. The fourth-order valence-electron chi connectivity index (χ4n) is 4.89. The smallest absolute Gasteiger partial charge is 0.349 e. The van der Waals surface area contributed by atoms with Crippen molar-refractivity contribution in [1.82, 2.24) is 14.7 Å². The molecule has 1 aliphatic carbocycles. The first kappa shape index (κ1) is 22.4. The molecule has 1 aliphatic rings. The predicted molar refractivity (Wildman–Crippen MR) is 134 cm³/mol. The highest BCUT2D eigenvalue weighted by Gasteiger charge is 2.32. The Morgan fingerprint density at radius 1 is 1.21 bits per heavy atom. The predicted octanol–water partition coefficient (Wildman–Crippen LogP) is 6.58. The van der Waals surface area contributed by atoms with E-state index in [4.69, 9.17) is 16.1 Å². The monoisotopic (exact) mass is 481 g/mol. The number of rotatable bonds is 3. The van der Waals surface area contributed by atoms with Gasteiger partial charge in [0.05, 0.1) is 17.9 Å². The SMILES string of the molecule is Cc1noc(C)c1Cn1c(=O)nc(-c2ccc(Cl)cc2)c2c3c(sc21)CC(C(C)(C)C)CC3. The Hall–Kier alpha value is -2.44. The first-order valence-electron chi connectivity index (χ1n) is 11.4. The highest BCUT2D eigenvalue weighted by atomic mass is 35.5. The van der Waals surface area contributed by atoms with Crippen LogP contribution in [0.3, 0.4) is 0 Å². The summed E-state index contributed by atoms with van der Waals surface area (Å²) in [5, 5.41) is 5.85. The van der Waals surface area contributed by atoms with E-state index in [-0.39, 0.29) is 11.1 Å². The average Bonchev–Trinajstić information content (AvgIpc) is 3.29. The second kappa shape index (κ2) is 8.10. The Morgan fingerprint density at radius 2 is 1.94 bits per heavy atom. The van der Waals surface area contributed by atoms with E-state index in [0.29, 0.717) is 17.5 Å². The summed E-state index contributed by atoms with van der Waals surface area (Å²) in [6.07, 6.45) is 3.19. The summed E-state index contributed by atoms with van der Waals surface area (Å²) in [5.41, 5.74) is 4.78. The van der Waals surface area contributed by atoms with Gasteiger partial charge in [0.1, 0.15) is 10.6 Å². The van der Waals surface area contributed by atoms with Gasteiger partial charge in [-0.05, 0) is 62.1 Å². The van der Waals surface area contributed by atoms with Crippen molar-refractivity contribution in [3.63, 3.8) is 0 Å². The topological polar surface area (TPSA) is 60.9 Å². The third kappa shape index (κ3) is 3.93. The minimum absolute atomic E-state index is 0.251. The maximum Gasteiger partial charge on any atom is 0.349 e. The molecule has 4 aromatic rings. The number of benzene rings is 1. The van der Waals surface area contributed by atoms with Crippen LogP contribution in [0.4, 0.5) is 0 Å². The molecule has 1 unspecified atom stereocenters. The molecule has 7 heteroatoms. The maximum absolute atomic E-state index is 13.4. The molecule has 0 fully saturated rings. The number of nitrogens with zero attached hydrogens (tertiary/aromatic N) is 3. The maximum atomic E-state index is 13.4. The fourth-order valence-corrected chi connectivity index (χ4v) is 6.43. The summed E-state index contributed by atoms with van der Waals surface area (Å²) in [4.78, 5) is 20.3. The number of thiophene rings is 1. The highest BCUT2D eigenvalue weighted by Crippen LogP contribution is 2.45. The second-order valence-electron chi connectivity index (χ2n) is 10.1. The van der Waals surface area contributed by atoms with Gasteiger partial charge < -0.3 is 4.52 Å². The zero-order chi connectivity index (χ0) is 23.5. The second-order valence-corrected chi connectivity index (χ2v) is 11.6. The molecule has 0 spiro atoms. The van der Waals surface area contributed by atoms with Crippen molar-refractivity contribution in [3.8, 4) is 11.3 Å². The molecule has 0 radical (unpaired) electrons. The molecule has 1 atom stereocenters. The van der Waals surface area contributed by atoms with Gasteiger partial charge in [0.25, 0.3) is 0 Å². The van der Waals surface area contributed by atoms with Crippen LogP contribution in [0.2, 0.25) is 5.02 Å². The Kier molecular flexibility index (Phi) is 5.49. The lowest BCUT2D eigenvalue weighted by Gasteiger charge is -2.33. The number of aromatic nitrogens is 3. The van der Waals surface area contributed by atoms with E-state index < -0.39 is 0 Å². The van der Waals surface area contributed by atoms with Gasteiger partial charge in [0.2, 0.25) is 0 Å². The summed E-state index contributed by atoms with van der Waals surface area (Å²) in [6.45, 7) is 11.2. The van der Waals surface area contributed by atoms with Crippen LogP contribution in [0.25, 0.3) is 21.5 Å². The van der Waals surface area contributed by atoms with Gasteiger partial charge >= 0.3 is 5.69 Å². The molecule has 3 heterocycles. The number of hydrogen-bond acceptors (Lipinski definition) is 5. The van der Waals surface area contributed by atoms with E-state index in [1.807, 2.05) is 38.1 Å². The summed E-state index contributed by atoms with van der Waals surface area (Å²) in [5.74, 6) is 1.36. The van der Waals surface area contributed by atoms with Gasteiger partial charge in [-0.25, -0.2) is 4.79 Å². The van der Waals surface area contributed by atoms with Gasteiger partial charge in [-0.15, -0.1) is 11.3 Å². The van der Waals surface area contributed by atoms with Crippen LogP contribution in [0.15, 0.2) is 33.6 Å². The van der Waals surface area contributed by atoms with Crippen molar-refractivity contribution in [2.75, 3.05) is 0 Å². The minimum atomic E-state index is -0.251. The fraction of sp³-hybridized carbons (Fsp3) is 0.423. The molecule has 0 amide bonds.